The third-order valence-electron chi connectivity index (χ3n) is 3.99. The van der Waals surface area contributed by atoms with Crippen LogP contribution >= 0.6 is 24.0 Å². The number of guanidine groups is 1. The van der Waals surface area contributed by atoms with Gasteiger partial charge in [-0.2, -0.15) is 0 Å². The maximum Gasteiger partial charge on any atom is 0.193 e. The fourth-order valence-electron chi connectivity index (χ4n) is 2.43. The molecule has 7 nitrogen and oxygen atoms in total. The lowest BCUT2D eigenvalue weighted by Gasteiger charge is -2.39. The molecule has 1 aliphatic heterocycles. The van der Waals surface area contributed by atoms with Crippen molar-refractivity contribution in [3.05, 3.63) is 0 Å². The van der Waals surface area contributed by atoms with E-state index in [-0.39, 0.29) is 29.7 Å². The first-order chi connectivity index (χ1) is 10.8. The standard InChI is InChI=1S/C15H31N3O4S.HI/c1-15(2)13-18(8-12-23(15,19)20)14(16-3)17-7-5-6-9-22-11-10-21-4;/h5-13H2,1-4H3,(H,16,17);1H. The van der Waals surface area contributed by atoms with Crippen LogP contribution in [0.5, 0.6) is 0 Å². The number of hydrogen-bond donors (Lipinski definition) is 1. The molecule has 0 spiro atoms. The molecule has 1 saturated heterocycles. The van der Waals surface area contributed by atoms with Crippen molar-refractivity contribution in [3.63, 3.8) is 0 Å². The van der Waals surface area contributed by atoms with Crippen LogP contribution in [0.25, 0.3) is 0 Å². The number of ether oxygens (including phenoxy) is 2. The zero-order valence-electron chi connectivity index (χ0n) is 15.2. The molecule has 0 amide bonds. The minimum Gasteiger partial charge on any atom is -0.382 e. The zero-order valence-corrected chi connectivity index (χ0v) is 18.4. The van der Waals surface area contributed by atoms with Gasteiger partial charge in [-0.15, -0.1) is 24.0 Å². The minimum atomic E-state index is -3.03. The summed E-state index contributed by atoms with van der Waals surface area (Å²) in [6.07, 6.45) is 1.94. The number of methoxy groups -OCH3 is 1. The van der Waals surface area contributed by atoms with E-state index in [1.165, 1.54) is 0 Å². The van der Waals surface area contributed by atoms with Crippen LogP contribution in [0.2, 0.25) is 0 Å². The maximum absolute atomic E-state index is 12.1. The molecular formula is C15H32IN3O4S. The van der Waals surface area contributed by atoms with E-state index >= 15 is 0 Å². The Morgan fingerprint density at radius 1 is 1.25 bits per heavy atom. The summed E-state index contributed by atoms with van der Waals surface area (Å²) in [5, 5.41) is 3.31. The van der Waals surface area contributed by atoms with E-state index in [9.17, 15) is 8.42 Å². The van der Waals surface area contributed by atoms with Gasteiger partial charge in [0.2, 0.25) is 0 Å². The van der Waals surface area contributed by atoms with E-state index in [0.29, 0.717) is 26.3 Å². The van der Waals surface area contributed by atoms with Crippen LogP contribution in [-0.2, 0) is 19.3 Å². The molecular weight excluding hydrogens is 445 g/mol. The van der Waals surface area contributed by atoms with Crippen LogP contribution < -0.4 is 5.32 Å². The quantitative estimate of drug-likeness (QED) is 0.245. The highest BCUT2D eigenvalue weighted by atomic mass is 127. The van der Waals surface area contributed by atoms with E-state index in [4.69, 9.17) is 9.47 Å². The van der Waals surface area contributed by atoms with E-state index in [2.05, 4.69) is 10.3 Å². The Kier molecular flexibility index (Phi) is 11.4. The Hall–Kier alpha value is -0.130. The SMILES string of the molecule is CN=C(NCCCCOCCOC)N1CCS(=O)(=O)C(C)(C)C1.I. The van der Waals surface area contributed by atoms with Crippen LogP contribution in [0.4, 0.5) is 0 Å². The largest absolute Gasteiger partial charge is 0.382 e. The van der Waals surface area contributed by atoms with Gasteiger partial charge in [-0.1, -0.05) is 0 Å². The van der Waals surface area contributed by atoms with Crippen LogP contribution in [0.1, 0.15) is 26.7 Å². The highest BCUT2D eigenvalue weighted by Crippen LogP contribution is 2.23. The van der Waals surface area contributed by atoms with Gasteiger partial charge in [-0.05, 0) is 26.7 Å². The maximum atomic E-state index is 12.1. The first-order valence-corrected chi connectivity index (χ1v) is 9.74. The molecule has 1 rings (SSSR count). The average molecular weight is 477 g/mol. The van der Waals surface area contributed by atoms with Crippen LogP contribution in [0.3, 0.4) is 0 Å². The summed E-state index contributed by atoms with van der Waals surface area (Å²) in [7, 11) is 0.360. The molecule has 1 aliphatic rings. The lowest BCUT2D eigenvalue weighted by atomic mass is 10.2. The summed E-state index contributed by atoms with van der Waals surface area (Å²) in [5.41, 5.74) is 0. The fourth-order valence-corrected chi connectivity index (χ4v) is 3.80. The first-order valence-electron chi connectivity index (χ1n) is 8.08. The number of sulfone groups is 1. The first kappa shape index (κ1) is 23.9. The number of unbranched alkanes of at least 4 members (excludes halogenated alkanes) is 1. The normalized spacial score (nSPS) is 19.7. The average Bonchev–Trinajstić information content (AvgIpc) is 2.49. The third-order valence-corrected chi connectivity index (χ3v) is 6.52. The van der Waals surface area contributed by atoms with E-state index in [0.717, 1.165) is 32.0 Å². The lowest BCUT2D eigenvalue weighted by Crippen LogP contribution is -2.57. The number of hydrogen-bond acceptors (Lipinski definition) is 5. The second-order valence-corrected chi connectivity index (χ2v) is 9.03. The highest BCUT2D eigenvalue weighted by Gasteiger charge is 2.40. The van der Waals surface area contributed by atoms with E-state index in [1.54, 1.807) is 28.0 Å². The van der Waals surface area contributed by atoms with Crippen molar-refractivity contribution < 1.29 is 17.9 Å². The predicted octanol–water partition coefficient (Wildman–Crippen LogP) is 1.13. The van der Waals surface area contributed by atoms with Crippen molar-refractivity contribution in [1.29, 1.82) is 0 Å². The van der Waals surface area contributed by atoms with Crippen molar-refractivity contribution in [2.75, 3.05) is 59.4 Å². The highest BCUT2D eigenvalue weighted by molar-refractivity contribution is 14.0. The summed E-state index contributed by atoms with van der Waals surface area (Å²) in [4.78, 5) is 6.30. The van der Waals surface area contributed by atoms with Gasteiger partial charge in [0.1, 0.15) is 0 Å². The molecule has 0 unspecified atom stereocenters. The fraction of sp³-hybridized carbons (Fsp3) is 0.933. The van der Waals surface area contributed by atoms with Gasteiger partial charge in [0.05, 0.1) is 23.7 Å². The van der Waals surface area contributed by atoms with Gasteiger partial charge < -0.3 is 19.7 Å². The van der Waals surface area contributed by atoms with Crippen molar-refractivity contribution in [2.45, 2.75) is 31.4 Å². The number of aliphatic imine (C=N–C) groups is 1. The predicted molar refractivity (Wildman–Crippen MR) is 108 cm³/mol. The summed E-state index contributed by atoms with van der Waals surface area (Å²) in [5.74, 6) is 0.946. The number of nitrogens with one attached hydrogen (secondary N) is 1. The van der Waals surface area contributed by atoms with Crippen molar-refractivity contribution in [3.8, 4) is 0 Å². The van der Waals surface area contributed by atoms with Crippen LogP contribution in [-0.4, -0.2) is 83.4 Å². The van der Waals surface area contributed by atoms with Gasteiger partial charge in [-0.25, -0.2) is 8.42 Å². The van der Waals surface area contributed by atoms with Gasteiger partial charge in [0.25, 0.3) is 0 Å². The molecule has 0 saturated carbocycles. The van der Waals surface area contributed by atoms with Gasteiger partial charge in [0, 0.05) is 40.4 Å². The number of rotatable bonds is 8. The van der Waals surface area contributed by atoms with Gasteiger partial charge in [-0.3, -0.25) is 4.99 Å². The second-order valence-electron chi connectivity index (χ2n) is 6.29. The molecule has 0 aromatic rings. The molecule has 0 radical (unpaired) electrons. The Morgan fingerprint density at radius 2 is 1.96 bits per heavy atom. The monoisotopic (exact) mass is 477 g/mol. The van der Waals surface area contributed by atoms with Crippen LogP contribution in [0.15, 0.2) is 4.99 Å². The topological polar surface area (TPSA) is 80.2 Å². The van der Waals surface area contributed by atoms with E-state index in [1.807, 2.05) is 4.90 Å². The van der Waals surface area contributed by atoms with Gasteiger partial charge >= 0.3 is 0 Å². The van der Waals surface area contributed by atoms with Crippen molar-refractivity contribution in [2.24, 2.45) is 4.99 Å². The van der Waals surface area contributed by atoms with Gasteiger partial charge in [0.15, 0.2) is 15.8 Å². The Bertz CT molecular complexity index is 483. The van der Waals surface area contributed by atoms with Crippen molar-refractivity contribution in [1.82, 2.24) is 10.2 Å². The molecule has 9 heteroatoms. The molecule has 0 aromatic carbocycles. The van der Waals surface area contributed by atoms with E-state index < -0.39 is 14.6 Å². The minimum absolute atomic E-state index is 0. The Balaban J connectivity index is 0.00000529. The summed E-state index contributed by atoms with van der Waals surface area (Å²) in [6.45, 7) is 7.28. The third kappa shape index (κ3) is 7.40. The molecule has 0 aromatic heterocycles. The number of nitrogens with zero attached hydrogens (tertiary/aromatic N) is 2. The molecule has 1 N–H and O–H groups in total. The number of halogens is 1. The molecule has 0 aliphatic carbocycles. The molecule has 0 atom stereocenters. The second kappa shape index (κ2) is 11.5. The smallest absolute Gasteiger partial charge is 0.193 e. The molecule has 1 heterocycles. The van der Waals surface area contributed by atoms with Crippen molar-refractivity contribution >= 4 is 39.8 Å². The molecule has 144 valence electrons. The zero-order chi connectivity index (χ0) is 17.3. The van der Waals surface area contributed by atoms with Crippen LogP contribution in [0, 0.1) is 0 Å². The Morgan fingerprint density at radius 3 is 2.54 bits per heavy atom. The summed E-state index contributed by atoms with van der Waals surface area (Å²) in [6, 6.07) is 0. The summed E-state index contributed by atoms with van der Waals surface area (Å²) < 4.78 is 33.7. The summed E-state index contributed by atoms with van der Waals surface area (Å²) >= 11 is 0. The Labute approximate surface area is 163 Å². The molecule has 1 fully saturated rings. The molecule has 0 bridgehead atoms. The lowest BCUT2D eigenvalue weighted by molar-refractivity contribution is 0.0689. The molecule has 24 heavy (non-hydrogen) atoms.